The highest BCUT2D eigenvalue weighted by Crippen LogP contribution is 2.39. The Morgan fingerprint density at radius 1 is 0.958 bits per heavy atom. The highest BCUT2D eigenvalue weighted by molar-refractivity contribution is 8.09. The highest BCUT2D eigenvalue weighted by Gasteiger charge is 2.35. The van der Waals surface area contributed by atoms with Gasteiger partial charge in [0.1, 0.15) is 11.0 Å². The van der Waals surface area contributed by atoms with Gasteiger partial charge in [-0.2, -0.15) is 0 Å². The van der Waals surface area contributed by atoms with Crippen LogP contribution in [0, 0.1) is 0 Å². The second-order valence-corrected chi connectivity index (χ2v) is 5.87. The molecule has 0 fully saturated rings. The van der Waals surface area contributed by atoms with Crippen LogP contribution in [-0.4, -0.2) is 44.3 Å². The summed E-state index contributed by atoms with van der Waals surface area (Å²) in [7, 11) is 3.92. The van der Waals surface area contributed by atoms with E-state index in [0.29, 0.717) is 5.75 Å². The zero-order chi connectivity index (χ0) is 17.7. The van der Waals surface area contributed by atoms with Gasteiger partial charge < -0.3 is 14.2 Å². The summed E-state index contributed by atoms with van der Waals surface area (Å²) in [6, 6.07) is 7.27. The predicted molar refractivity (Wildman–Crippen MR) is 89.5 cm³/mol. The van der Waals surface area contributed by atoms with E-state index in [1.165, 1.54) is 13.2 Å². The molecule has 6 nitrogen and oxygen atoms in total. The molecule has 2 rings (SSSR count). The van der Waals surface area contributed by atoms with Crippen LogP contribution in [0.3, 0.4) is 0 Å². The Kier molecular flexibility index (Phi) is 5.81. The molecule has 0 amide bonds. The summed E-state index contributed by atoms with van der Waals surface area (Å²) >= 11 is 1.14. The third kappa shape index (κ3) is 3.68. The lowest BCUT2D eigenvalue weighted by molar-refractivity contribution is -0.150. The minimum absolute atomic E-state index is 0.0379. The Labute approximate surface area is 143 Å². The SMILES string of the molecule is COC(=O)C(=O)C1=CC=C(c2ccc(OC)cc2)S[C@@H]1C(=O)OC. The van der Waals surface area contributed by atoms with Gasteiger partial charge in [-0.15, -0.1) is 11.8 Å². The number of rotatable bonds is 5. The van der Waals surface area contributed by atoms with Crippen LogP contribution in [0.15, 0.2) is 42.0 Å². The first-order valence-corrected chi connectivity index (χ1v) is 7.83. The van der Waals surface area contributed by atoms with E-state index >= 15 is 0 Å². The number of ketones is 1. The van der Waals surface area contributed by atoms with Crippen molar-refractivity contribution in [3.8, 4) is 5.75 Å². The number of ether oxygens (including phenoxy) is 3. The molecule has 0 spiro atoms. The van der Waals surface area contributed by atoms with Crippen molar-refractivity contribution < 1.29 is 28.6 Å². The number of hydrogen-bond donors (Lipinski definition) is 0. The molecule has 0 N–H and O–H groups in total. The molecule has 126 valence electrons. The van der Waals surface area contributed by atoms with Crippen LogP contribution in [0.2, 0.25) is 0 Å². The summed E-state index contributed by atoms with van der Waals surface area (Å²) in [4.78, 5) is 36.4. The number of carbonyl (C=O) groups is 3. The predicted octanol–water partition coefficient (Wildman–Crippen LogP) is 1.99. The fourth-order valence-electron chi connectivity index (χ4n) is 2.09. The van der Waals surface area contributed by atoms with Crippen LogP contribution in [-0.2, 0) is 23.9 Å². The molecule has 0 bridgehead atoms. The highest BCUT2D eigenvalue weighted by atomic mass is 32.2. The summed E-state index contributed by atoms with van der Waals surface area (Å²) in [6.07, 6.45) is 3.14. The number of esters is 2. The van der Waals surface area contributed by atoms with Gasteiger partial charge in [0, 0.05) is 10.5 Å². The lowest BCUT2D eigenvalue weighted by atomic mass is 10.1. The van der Waals surface area contributed by atoms with E-state index in [-0.39, 0.29) is 5.57 Å². The Hall–Kier alpha value is -2.54. The maximum absolute atomic E-state index is 12.1. The van der Waals surface area contributed by atoms with Gasteiger partial charge in [0.05, 0.1) is 21.3 Å². The Morgan fingerprint density at radius 3 is 2.17 bits per heavy atom. The van der Waals surface area contributed by atoms with E-state index in [4.69, 9.17) is 9.47 Å². The molecule has 0 aliphatic carbocycles. The Balaban J connectivity index is 2.37. The monoisotopic (exact) mass is 348 g/mol. The van der Waals surface area contributed by atoms with Crippen molar-refractivity contribution in [3.63, 3.8) is 0 Å². The summed E-state index contributed by atoms with van der Waals surface area (Å²) in [5.41, 5.74) is 0.895. The van der Waals surface area contributed by atoms with Crippen LogP contribution >= 0.6 is 11.8 Å². The van der Waals surface area contributed by atoms with E-state index in [1.54, 1.807) is 25.3 Å². The first-order valence-electron chi connectivity index (χ1n) is 6.95. The molecule has 1 aromatic carbocycles. The second kappa shape index (κ2) is 7.83. The van der Waals surface area contributed by atoms with E-state index < -0.39 is 23.0 Å². The van der Waals surface area contributed by atoms with E-state index in [2.05, 4.69) is 4.74 Å². The molecular formula is C17H16O6S. The van der Waals surface area contributed by atoms with Crippen molar-refractivity contribution in [2.45, 2.75) is 5.25 Å². The van der Waals surface area contributed by atoms with Crippen molar-refractivity contribution >= 4 is 34.4 Å². The van der Waals surface area contributed by atoms with Gasteiger partial charge in [-0.05, 0) is 23.8 Å². The van der Waals surface area contributed by atoms with Gasteiger partial charge in [0.2, 0.25) is 0 Å². The molecule has 0 aromatic heterocycles. The minimum Gasteiger partial charge on any atom is -0.497 e. The quantitative estimate of drug-likeness (QED) is 0.595. The molecule has 0 saturated carbocycles. The number of hydrogen-bond acceptors (Lipinski definition) is 7. The second-order valence-electron chi connectivity index (χ2n) is 4.72. The number of Topliss-reactive ketones (excluding diaryl/α,β-unsaturated/α-hetero) is 1. The van der Waals surface area contributed by atoms with Crippen LogP contribution in [0.5, 0.6) is 5.75 Å². The molecule has 1 heterocycles. The maximum Gasteiger partial charge on any atom is 0.379 e. The molecule has 0 radical (unpaired) electrons. The van der Waals surface area contributed by atoms with E-state index in [0.717, 1.165) is 29.3 Å². The van der Waals surface area contributed by atoms with Crippen LogP contribution in [0.4, 0.5) is 0 Å². The first-order chi connectivity index (χ1) is 11.5. The first kappa shape index (κ1) is 17.8. The molecule has 0 unspecified atom stereocenters. The molecule has 1 aromatic rings. The fraction of sp³-hybridized carbons (Fsp3) is 0.235. The third-order valence-electron chi connectivity index (χ3n) is 3.36. The van der Waals surface area contributed by atoms with E-state index in [9.17, 15) is 14.4 Å². The topological polar surface area (TPSA) is 78.9 Å². The lowest BCUT2D eigenvalue weighted by Crippen LogP contribution is -2.31. The van der Waals surface area contributed by atoms with Gasteiger partial charge in [0.25, 0.3) is 5.78 Å². The summed E-state index contributed by atoms with van der Waals surface area (Å²) in [6.45, 7) is 0. The van der Waals surface area contributed by atoms with Gasteiger partial charge in [-0.25, -0.2) is 4.79 Å². The summed E-state index contributed by atoms with van der Waals surface area (Å²) < 4.78 is 14.3. The van der Waals surface area contributed by atoms with Gasteiger partial charge >= 0.3 is 11.9 Å². The molecular weight excluding hydrogens is 332 g/mol. The normalized spacial score (nSPS) is 16.5. The van der Waals surface area contributed by atoms with Crippen molar-refractivity contribution in [2.24, 2.45) is 0 Å². The van der Waals surface area contributed by atoms with Gasteiger partial charge in [-0.3, -0.25) is 9.59 Å². The van der Waals surface area contributed by atoms with Gasteiger partial charge in [0.15, 0.2) is 0 Å². The molecule has 1 atom stereocenters. The molecule has 1 aliphatic rings. The Bertz CT molecular complexity index is 717. The fourth-order valence-corrected chi connectivity index (χ4v) is 3.27. The van der Waals surface area contributed by atoms with Gasteiger partial charge in [-0.1, -0.05) is 18.2 Å². The summed E-state index contributed by atoms with van der Waals surface area (Å²) in [5, 5.41) is -0.927. The minimum atomic E-state index is -1.02. The number of carbonyl (C=O) groups excluding carboxylic acids is 3. The molecule has 7 heteroatoms. The maximum atomic E-state index is 12.1. The van der Waals surface area contributed by atoms with Crippen LogP contribution < -0.4 is 4.74 Å². The van der Waals surface area contributed by atoms with Crippen LogP contribution in [0.25, 0.3) is 4.91 Å². The van der Waals surface area contributed by atoms with E-state index in [1.807, 2.05) is 12.1 Å². The Morgan fingerprint density at radius 2 is 1.62 bits per heavy atom. The smallest absolute Gasteiger partial charge is 0.379 e. The van der Waals surface area contributed by atoms with Crippen molar-refractivity contribution in [3.05, 3.63) is 47.6 Å². The zero-order valence-electron chi connectivity index (χ0n) is 13.4. The molecule has 0 saturated heterocycles. The number of thioether (sulfide) groups is 1. The van der Waals surface area contributed by atoms with Crippen LogP contribution in [0.1, 0.15) is 5.56 Å². The average molecular weight is 348 g/mol. The number of methoxy groups -OCH3 is 3. The largest absolute Gasteiger partial charge is 0.497 e. The zero-order valence-corrected chi connectivity index (χ0v) is 14.2. The van der Waals surface area contributed by atoms with Crippen molar-refractivity contribution in [1.82, 2.24) is 0 Å². The summed E-state index contributed by atoms with van der Waals surface area (Å²) in [5.74, 6) is -1.77. The van der Waals surface area contributed by atoms with Crippen molar-refractivity contribution in [1.29, 1.82) is 0 Å². The number of allylic oxidation sites excluding steroid dienone is 2. The number of benzene rings is 1. The molecule has 1 aliphatic heterocycles. The van der Waals surface area contributed by atoms with Crippen molar-refractivity contribution in [2.75, 3.05) is 21.3 Å². The third-order valence-corrected chi connectivity index (χ3v) is 4.67. The lowest BCUT2D eigenvalue weighted by Gasteiger charge is -2.21. The standard InChI is InChI=1S/C17H16O6S/c1-21-11-6-4-10(5-7-11)13-9-8-12(14(18)16(19)22-2)15(24-13)17(20)23-3/h4-9,15H,1-3H3/t15-/m0/s1. The average Bonchev–Trinajstić information content (AvgIpc) is 2.65. The molecule has 24 heavy (non-hydrogen) atoms.